The molecule has 2 nitrogen and oxygen atoms in total. The molecule has 0 radical (unpaired) electrons. The van der Waals surface area contributed by atoms with Crippen LogP contribution in [0.4, 0.5) is 0 Å². The number of carbonyl (C=O) groups excluding carboxylic acids is 1. The van der Waals surface area contributed by atoms with E-state index in [0.29, 0.717) is 5.78 Å². The van der Waals surface area contributed by atoms with E-state index in [9.17, 15) is 4.79 Å². The molecule has 1 N–H and O–H groups in total. The highest BCUT2D eigenvalue weighted by Gasteiger charge is 2.56. The maximum atomic E-state index is 12.8. The predicted octanol–water partition coefficient (Wildman–Crippen LogP) is 4.45. The van der Waals surface area contributed by atoms with Crippen LogP contribution in [0.25, 0.3) is 0 Å². The van der Waals surface area contributed by atoms with E-state index < -0.39 is 0 Å². The van der Waals surface area contributed by atoms with Crippen LogP contribution in [0.2, 0.25) is 0 Å². The quantitative estimate of drug-likeness (QED) is 0.888. The third kappa shape index (κ3) is 2.33. The molecule has 0 aromatic heterocycles. The minimum atomic E-state index is -0.00278. The van der Waals surface area contributed by atoms with Gasteiger partial charge in [-0.05, 0) is 29.4 Å². The average Bonchev–Trinajstić information content (AvgIpc) is 2.91. The van der Waals surface area contributed by atoms with Crippen molar-refractivity contribution in [3.8, 4) is 0 Å². The van der Waals surface area contributed by atoms with Gasteiger partial charge in [0.05, 0.1) is 0 Å². The van der Waals surface area contributed by atoms with Gasteiger partial charge in [-0.15, -0.1) is 0 Å². The summed E-state index contributed by atoms with van der Waals surface area (Å²) >= 11 is 0. The first kappa shape index (κ1) is 14.6. The van der Waals surface area contributed by atoms with Gasteiger partial charge in [0.1, 0.15) is 5.78 Å². The lowest BCUT2D eigenvalue weighted by Crippen LogP contribution is -2.38. The van der Waals surface area contributed by atoms with Crippen LogP contribution in [0.15, 0.2) is 60.7 Å². The second-order valence-electron chi connectivity index (χ2n) is 7.20. The number of rotatable bonds is 2. The number of ketones is 1. The van der Waals surface area contributed by atoms with Gasteiger partial charge in [-0.3, -0.25) is 4.79 Å². The molecule has 2 aromatic carbocycles. The number of fused-ring (bicyclic) bond motifs is 1. The molecule has 1 saturated heterocycles. The zero-order chi connectivity index (χ0) is 15.9. The molecule has 2 fully saturated rings. The third-order valence-electron chi connectivity index (χ3n) is 5.83. The lowest BCUT2D eigenvalue weighted by Gasteiger charge is -2.39. The number of Topliss-reactive ketones (excluding diaryl/α,β-unsaturated/α-hetero) is 1. The van der Waals surface area contributed by atoms with Crippen molar-refractivity contribution < 1.29 is 4.79 Å². The second-order valence-corrected chi connectivity index (χ2v) is 7.20. The van der Waals surface area contributed by atoms with Gasteiger partial charge in [0.2, 0.25) is 0 Å². The molecular weight excluding hydrogens is 282 g/mol. The van der Waals surface area contributed by atoms with E-state index in [2.05, 4.69) is 66.8 Å². The van der Waals surface area contributed by atoms with E-state index in [1.54, 1.807) is 0 Å². The van der Waals surface area contributed by atoms with Crippen LogP contribution in [0.3, 0.4) is 0 Å². The molecule has 2 heteroatoms. The number of hydrogen-bond acceptors (Lipinski definition) is 2. The van der Waals surface area contributed by atoms with E-state index >= 15 is 0 Å². The summed E-state index contributed by atoms with van der Waals surface area (Å²) in [7, 11) is 0. The Labute approximate surface area is 137 Å². The highest BCUT2D eigenvalue weighted by atomic mass is 16.1. The second kappa shape index (κ2) is 5.61. The summed E-state index contributed by atoms with van der Waals surface area (Å²) < 4.78 is 0. The Morgan fingerprint density at radius 1 is 0.957 bits per heavy atom. The standard InChI is InChI=1S/C21H23NO/c1-21-14-8-13-17(23)18(21)19(15-9-4-2-5-10-15)22-20(21)16-11-6-3-7-12-16/h2-7,9-12,18-20,22H,8,13-14H2,1H3/t18-,19-,20+,21-/m0/s1. The first-order valence-corrected chi connectivity index (χ1v) is 8.59. The van der Waals surface area contributed by atoms with Crippen LogP contribution in [-0.2, 0) is 4.79 Å². The van der Waals surface area contributed by atoms with E-state index in [-0.39, 0.29) is 23.4 Å². The molecule has 1 aliphatic carbocycles. The zero-order valence-corrected chi connectivity index (χ0v) is 13.5. The Kier molecular flexibility index (Phi) is 3.57. The van der Waals surface area contributed by atoms with Crippen molar-refractivity contribution in [3.63, 3.8) is 0 Å². The molecule has 1 heterocycles. The number of nitrogens with one attached hydrogen (secondary N) is 1. The lowest BCUT2D eigenvalue weighted by atomic mass is 9.62. The largest absolute Gasteiger partial charge is 0.302 e. The van der Waals surface area contributed by atoms with Gasteiger partial charge in [-0.2, -0.15) is 0 Å². The molecule has 118 valence electrons. The molecule has 4 rings (SSSR count). The maximum absolute atomic E-state index is 12.8. The highest BCUT2D eigenvalue weighted by molar-refractivity contribution is 5.84. The average molecular weight is 305 g/mol. The van der Waals surface area contributed by atoms with Gasteiger partial charge in [0.25, 0.3) is 0 Å². The Balaban J connectivity index is 1.79. The van der Waals surface area contributed by atoms with Gasteiger partial charge in [0.15, 0.2) is 0 Å². The summed E-state index contributed by atoms with van der Waals surface area (Å²) in [6, 6.07) is 21.4. The lowest BCUT2D eigenvalue weighted by molar-refractivity contribution is -0.129. The topological polar surface area (TPSA) is 29.1 Å². The Morgan fingerprint density at radius 2 is 1.57 bits per heavy atom. The molecular formula is C21H23NO. The molecule has 23 heavy (non-hydrogen) atoms. The van der Waals surface area contributed by atoms with Gasteiger partial charge in [-0.25, -0.2) is 0 Å². The minimum Gasteiger partial charge on any atom is -0.302 e. The smallest absolute Gasteiger partial charge is 0.138 e. The molecule has 0 spiro atoms. The molecule has 1 aliphatic heterocycles. The molecule has 2 aliphatic rings. The molecule has 0 unspecified atom stereocenters. The normalized spacial score (nSPS) is 33.4. The fourth-order valence-corrected chi connectivity index (χ4v) is 4.75. The van der Waals surface area contributed by atoms with Crippen LogP contribution in [0.1, 0.15) is 49.4 Å². The van der Waals surface area contributed by atoms with Crippen molar-refractivity contribution in [2.45, 2.75) is 38.3 Å². The van der Waals surface area contributed by atoms with E-state index in [4.69, 9.17) is 0 Å². The van der Waals surface area contributed by atoms with E-state index in [1.165, 1.54) is 11.1 Å². The van der Waals surface area contributed by atoms with Crippen molar-refractivity contribution in [3.05, 3.63) is 71.8 Å². The summed E-state index contributed by atoms with van der Waals surface area (Å²) in [6.45, 7) is 2.31. The number of benzene rings is 2. The monoisotopic (exact) mass is 305 g/mol. The van der Waals surface area contributed by atoms with Crippen LogP contribution < -0.4 is 5.32 Å². The van der Waals surface area contributed by atoms with Gasteiger partial charge in [0, 0.05) is 24.4 Å². The molecule has 0 amide bonds. The van der Waals surface area contributed by atoms with Crippen molar-refractivity contribution in [2.24, 2.45) is 11.3 Å². The van der Waals surface area contributed by atoms with Crippen LogP contribution >= 0.6 is 0 Å². The Hall–Kier alpha value is -1.93. The summed E-state index contributed by atoms with van der Waals surface area (Å²) in [6.07, 6.45) is 2.85. The minimum absolute atomic E-state index is 0.00278. The van der Waals surface area contributed by atoms with Crippen LogP contribution in [-0.4, -0.2) is 5.78 Å². The summed E-state index contributed by atoms with van der Waals surface area (Å²) in [5.74, 6) is 0.502. The highest BCUT2D eigenvalue weighted by Crippen LogP contribution is 2.57. The van der Waals surface area contributed by atoms with Crippen LogP contribution in [0, 0.1) is 11.3 Å². The van der Waals surface area contributed by atoms with E-state index in [1.807, 2.05) is 6.07 Å². The van der Waals surface area contributed by atoms with Crippen molar-refractivity contribution in [2.75, 3.05) is 0 Å². The van der Waals surface area contributed by atoms with Crippen LogP contribution in [0.5, 0.6) is 0 Å². The summed E-state index contributed by atoms with van der Waals surface area (Å²) in [4.78, 5) is 12.8. The molecule has 1 saturated carbocycles. The fourth-order valence-electron chi connectivity index (χ4n) is 4.75. The Morgan fingerprint density at radius 3 is 2.22 bits per heavy atom. The molecule has 0 bridgehead atoms. The molecule has 2 aromatic rings. The van der Waals surface area contributed by atoms with Gasteiger partial charge >= 0.3 is 0 Å². The molecule has 4 atom stereocenters. The Bertz CT molecular complexity index is 696. The number of hydrogen-bond donors (Lipinski definition) is 1. The van der Waals surface area contributed by atoms with Crippen molar-refractivity contribution >= 4 is 5.78 Å². The first-order valence-electron chi connectivity index (χ1n) is 8.59. The zero-order valence-electron chi connectivity index (χ0n) is 13.5. The van der Waals surface area contributed by atoms with Crippen molar-refractivity contribution in [1.82, 2.24) is 5.32 Å². The third-order valence-corrected chi connectivity index (χ3v) is 5.83. The van der Waals surface area contributed by atoms with Gasteiger partial charge < -0.3 is 5.32 Å². The van der Waals surface area contributed by atoms with Gasteiger partial charge in [-0.1, -0.05) is 67.6 Å². The maximum Gasteiger partial charge on any atom is 0.138 e. The van der Waals surface area contributed by atoms with E-state index in [0.717, 1.165) is 19.3 Å². The summed E-state index contributed by atoms with van der Waals surface area (Å²) in [5, 5.41) is 3.82. The SMILES string of the molecule is C[C@]12CCCC(=O)[C@H]1[C@H](c1ccccc1)N[C@@H]2c1ccccc1. The first-order chi connectivity index (χ1) is 11.2. The fraction of sp³-hybridized carbons (Fsp3) is 0.381. The predicted molar refractivity (Wildman–Crippen MR) is 92.0 cm³/mol. The summed E-state index contributed by atoms with van der Waals surface area (Å²) in [5.41, 5.74) is 2.53. The van der Waals surface area contributed by atoms with Crippen molar-refractivity contribution in [1.29, 1.82) is 0 Å². The number of carbonyl (C=O) groups is 1.